The molecular weight excluding hydrogens is 206 g/mol. The SMILES string of the molecule is CCNC(=NCCCOCCOC)N(C)C. The highest BCUT2D eigenvalue weighted by molar-refractivity contribution is 5.79. The molecule has 0 aliphatic carbocycles. The zero-order valence-electron chi connectivity index (χ0n) is 11.0. The smallest absolute Gasteiger partial charge is 0.193 e. The van der Waals surface area contributed by atoms with E-state index < -0.39 is 0 Å². The van der Waals surface area contributed by atoms with E-state index in [1.165, 1.54) is 0 Å². The fourth-order valence-corrected chi connectivity index (χ4v) is 1.11. The quantitative estimate of drug-likeness (QED) is 0.377. The number of methoxy groups -OCH3 is 1. The van der Waals surface area contributed by atoms with E-state index in [4.69, 9.17) is 9.47 Å². The van der Waals surface area contributed by atoms with Crippen LogP contribution in [0.4, 0.5) is 0 Å². The third-order valence-corrected chi connectivity index (χ3v) is 1.90. The number of nitrogens with one attached hydrogen (secondary N) is 1. The molecule has 0 aromatic heterocycles. The van der Waals surface area contributed by atoms with Gasteiger partial charge < -0.3 is 19.7 Å². The first-order chi connectivity index (χ1) is 7.72. The Hall–Kier alpha value is -0.810. The first-order valence-electron chi connectivity index (χ1n) is 5.74. The number of nitrogens with zero attached hydrogens (tertiary/aromatic N) is 2. The summed E-state index contributed by atoms with van der Waals surface area (Å²) in [7, 11) is 5.64. The predicted molar refractivity (Wildman–Crippen MR) is 67.0 cm³/mol. The fraction of sp³-hybridized carbons (Fsp3) is 0.909. The zero-order valence-corrected chi connectivity index (χ0v) is 11.0. The number of hydrogen-bond acceptors (Lipinski definition) is 3. The van der Waals surface area contributed by atoms with Gasteiger partial charge >= 0.3 is 0 Å². The van der Waals surface area contributed by atoms with Crippen molar-refractivity contribution < 1.29 is 9.47 Å². The van der Waals surface area contributed by atoms with Crippen molar-refractivity contribution in [3.05, 3.63) is 0 Å². The van der Waals surface area contributed by atoms with Gasteiger partial charge in [-0.05, 0) is 13.3 Å². The Balaban J connectivity index is 3.54. The summed E-state index contributed by atoms with van der Waals surface area (Å²) in [6, 6.07) is 0. The second-order valence-corrected chi connectivity index (χ2v) is 3.59. The number of ether oxygens (including phenoxy) is 2. The lowest BCUT2D eigenvalue weighted by Gasteiger charge is -2.16. The first kappa shape index (κ1) is 15.2. The lowest BCUT2D eigenvalue weighted by molar-refractivity contribution is 0.0702. The fourth-order valence-electron chi connectivity index (χ4n) is 1.11. The van der Waals surface area contributed by atoms with Crippen LogP contribution in [0.2, 0.25) is 0 Å². The molecule has 0 amide bonds. The summed E-state index contributed by atoms with van der Waals surface area (Å²) in [5.41, 5.74) is 0. The molecule has 16 heavy (non-hydrogen) atoms. The van der Waals surface area contributed by atoms with E-state index in [1.807, 2.05) is 19.0 Å². The minimum Gasteiger partial charge on any atom is -0.382 e. The van der Waals surface area contributed by atoms with E-state index in [1.54, 1.807) is 7.11 Å². The van der Waals surface area contributed by atoms with E-state index in [0.29, 0.717) is 13.2 Å². The summed E-state index contributed by atoms with van der Waals surface area (Å²) in [6.07, 6.45) is 0.937. The number of guanidine groups is 1. The third-order valence-electron chi connectivity index (χ3n) is 1.90. The maximum atomic E-state index is 5.35. The van der Waals surface area contributed by atoms with Crippen molar-refractivity contribution in [3.63, 3.8) is 0 Å². The Bertz CT molecular complexity index is 184. The minimum absolute atomic E-state index is 0.656. The Morgan fingerprint density at radius 3 is 2.56 bits per heavy atom. The Labute approximate surface area is 98.8 Å². The van der Waals surface area contributed by atoms with E-state index >= 15 is 0 Å². The van der Waals surface area contributed by atoms with Gasteiger partial charge in [-0.25, -0.2) is 0 Å². The molecule has 0 aliphatic heterocycles. The molecule has 0 spiro atoms. The molecular formula is C11H25N3O2. The predicted octanol–water partition coefficient (Wildman–Crippen LogP) is 0.567. The molecule has 0 radical (unpaired) electrons. The van der Waals surface area contributed by atoms with Crippen LogP contribution in [0.3, 0.4) is 0 Å². The maximum Gasteiger partial charge on any atom is 0.193 e. The lowest BCUT2D eigenvalue weighted by Crippen LogP contribution is -2.36. The summed E-state index contributed by atoms with van der Waals surface area (Å²) < 4.78 is 10.2. The Morgan fingerprint density at radius 1 is 1.25 bits per heavy atom. The molecule has 96 valence electrons. The van der Waals surface area contributed by atoms with Crippen molar-refractivity contribution >= 4 is 5.96 Å². The summed E-state index contributed by atoms with van der Waals surface area (Å²) >= 11 is 0. The molecule has 0 rings (SSSR count). The van der Waals surface area contributed by atoms with Crippen LogP contribution >= 0.6 is 0 Å². The highest BCUT2D eigenvalue weighted by Crippen LogP contribution is 1.87. The van der Waals surface area contributed by atoms with Gasteiger partial charge in [-0.1, -0.05) is 0 Å². The van der Waals surface area contributed by atoms with Crippen molar-refractivity contribution in [2.75, 3.05) is 54.1 Å². The van der Waals surface area contributed by atoms with Crippen LogP contribution in [0.15, 0.2) is 4.99 Å². The normalized spacial score (nSPS) is 11.6. The first-order valence-corrected chi connectivity index (χ1v) is 5.74. The van der Waals surface area contributed by atoms with Crippen LogP contribution in [-0.4, -0.2) is 65.0 Å². The van der Waals surface area contributed by atoms with Gasteiger partial charge in [0.25, 0.3) is 0 Å². The zero-order chi connectivity index (χ0) is 12.2. The maximum absolute atomic E-state index is 5.35. The summed E-state index contributed by atoms with van der Waals surface area (Å²) in [6.45, 7) is 5.79. The van der Waals surface area contributed by atoms with Gasteiger partial charge in [-0.3, -0.25) is 4.99 Å². The molecule has 5 nitrogen and oxygen atoms in total. The van der Waals surface area contributed by atoms with Crippen molar-refractivity contribution in [3.8, 4) is 0 Å². The molecule has 0 bridgehead atoms. The lowest BCUT2D eigenvalue weighted by atomic mass is 10.4. The molecule has 0 unspecified atom stereocenters. The van der Waals surface area contributed by atoms with E-state index in [2.05, 4.69) is 17.2 Å². The van der Waals surface area contributed by atoms with Crippen LogP contribution in [0, 0.1) is 0 Å². The molecule has 0 saturated heterocycles. The average molecular weight is 231 g/mol. The van der Waals surface area contributed by atoms with Crippen LogP contribution in [0.25, 0.3) is 0 Å². The van der Waals surface area contributed by atoms with Gasteiger partial charge in [0.05, 0.1) is 13.2 Å². The summed E-state index contributed by atoms with van der Waals surface area (Å²) in [5, 5.41) is 3.21. The largest absolute Gasteiger partial charge is 0.382 e. The number of hydrogen-bond donors (Lipinski definition) is 1. The molecule has 0 aromatic rings. The number of rotatable bonds is 8. The molecule has 0 saturated carbocycles. The monoisotopic (exact) mass is 231 g/mol. The Morgan fingerprint density at radius 2 is 2.00 bits per heavy atom. The van der Waals surface area contributed by atoms with Gasteiger partial charge in [0, 0.05) is 40.9 Å². The summed E-state index contributed by atoms with van der Waals surface area (Å²) in [5.74, 6) is 0.930. The standard InChI is InChI=1S/C11H25N3O2/c1-5-12-11(14(2)3)13-7-6-8-16-10-9-15-4/h5-10H2,1-4H3,(H,12,13). The second kappa shape index (κ2) is 10.7. The van der Waals surface area contributed by atoms with E-state index in [-0.39, 0.29) is 0 Å². The van der Waals surface area contributed by atoms with E-state index in [9.17, 15) is 0 Å². The van der Waals surface area contributed by atoms with Crippen LogP contribution in [-0.2, 0) is 9.47 Å². The molecule has 0 fully saturated rings. The topological polar surface area (TPSA) is 46.1 Å². The van der Waals surface area contributed by atoms with Gasteiger partial charge in [-0.2, -0.15) is 0 Å². The second-order valence-electron chi connectivity index (χ2n) is 3.59. The molecule has 5 heteroatoms. The molecule has 0 aliphatic rings. The molecule has 0 atom stereocenters. The van der Waals surface area contributed by atoms with Crippen LogP contribution in [0.5, 0.6) is 0 Å². The van der Waals surface area contributed by atoms with Crippen LogP contribution in [0.1, 0.15) is 13.3 Å². The van der Waals surface area contributed by atoms with Gasteiger partial charge in [0.15, 0.2) is 5.96 Å². The third kappa shape index (κ3) is 8.49. The summed E-state index contributed by atoms with van der Waals surface area (Å²) in [4.78, 5) is 6.43. The van der Waals surface area contributed by atoms with Gasteiger partial charge in [-0.15, -0.1) is 0 Å². The Kier molecular flexibility index (Phi) is 10.2. The molecule has 0 heterocycles. The van der Waals surface area contributed by atoms with Crippen LogP contribution < -0.4 is 5.32 Å². The van der Waals surface area contributed by atoms with E-state index in [0.717, 1.165) is 32.1 Å². The molecule has 0 aromatic carbocycles. The molecule has 1 N–H and O–H groups in total. The van der Waals surface area contributed by atoms with Crippen molar-refractivity contribution in [1.29, 1.82) is 0 Å². The minimum atomic E-state index is 0.656. The van der Waals surface area contributed by atoms with Crippen molar-refractivity contribution in [1.82, 2.24) is 10.2 Å². The van der Waals surface area contributed by atoms with Gasteiger partial charge in [0.2, 0.25) is 0 Å². The number of aliphatic imine (C=N–C) groups is 1. The highest BCUT2D eigenvalue weighted by atomic mass is 16.5. The van der Waals surface area contributed by atoms with Crippen molar-refractivity contribution in [2.24, 2.45) is 4.99 Å². The highest BCUT2D eigenvalue weighted by Gasteiger charge is 1.98. The van der Waals surface area contributed by atoms with Gasteiger partial charge in [0.1, 0.15) is 0 Å². The van der Waals surface area contributed by atoms with Crippen molar-refractivity contribution in [2.45, 2.75) is 13.3 Å². The average Bonchev–Trinajstić information content (AvgIpc) is 2.26.